The molecule has 0 spiro atoms. The van der Waals surface area contributed by atoms with Gasteiger partial charge < -0.3 is 5.32 Å². The summed E-state index contributed by atoms with van der Waals surface area (Å²) in [5.41, 5.74) is 0. The van der Waals surface area contributed by atoms with Crippen LogP contribution in [-0.2, 0) is 6.42 Å². The van der Waals surface area contributed by atoms with Gasteiger partial charge in [0.1, 0.15) is 5.82 Å². The van der Waals surface area contributed by atoms with Crippen molar-refractivity contribution in [3.05, 3.63) is 11.6 Å². The first-order valence-corrected chi connectivity index (χ1v) is 6.35. The lowest BCUT2D eigenvalue weighted by Gasteiger charge is -2.28. The lowest BCUT2D eigenvalue weighted by molar-refractivity contribution is 0.266. The van der Waals surface area contributed by atoms with Crippen LogP contribution >= 0.6 is 0 Å². The summed E-state index contributed by atoms with van der Waals surface area (Å²) >= 11 is 0. The Kier molecular flexibility index (Phi) is 3.93. The SMILES string of the molecule is Cc1nc(CCNC(C)CC2CCC2)n[nH]1. The summed E-state index contributed by atoms with van der Waals surface area (Å²) in [4.78, 5) is 4.29. The lowest BCUT2D eigenvalue weighted by atomic mass is 9.81. The van der Waals surface area contributed by atoms with Crippen molar-refractivity contribution in [2.24, 2.45) is 5.92 Å². The van der Waals surface area contributed by atoms with Gasteiger partial charge in [0.15, 0.2) is 5.82 Å². The van der Waals surface area contributed by atoms with Gasteiger partial charge in [-0.1, -0.05) is 19.3 Å². The highest BCUT2D eigenvalue weighted by Crippen LogP contribution is 2.30. The van der Waals surface area contributed by atoms with Crippen LogP contribution in [0, 0.1) is 12.8 Å². The van der Waals surface area contributed by atoms with E-state index in [0.717, 1.165) is 30.5 Å². The van der Waals surface area contributed by atoms with Gasteiger partial charge >= 0.3 is 0 Å². The van der Waals surface area contributed by atoms with Gasteiger partial charge in [0.2, 0.25) is 0 Å². The number of rotatable bonds is 6. The molecule has 1 unspecified atom stereocenters. The largest absolute Gasteiger partial charge is 0.314 e. The minimum Gasteiger partial charge on any atom is -0.314 e. The maximum Gasteiger partial charge on any atom is 0.151 e. The van der Waals surface area contributed by atoms with Crippen molar-refractivity contribution in [1.82, 2.24) is 20.5 Å². The number of nitrogens with zero attached hydrogens (tertiary/aromatic N) is 2. The fourth-order valence-corrected chi connectivity index (χ4v) is 2.24. The Bertz CT molecular complexity index is 317. The fourth-order valence-electron chi connectivity index (χ4n) is 2.24. The highest BCUT2D eigenvalue weighted by atomic mass is 15.2. The minimum atomic E-state index is 0.630. The van der Waals surface area contributed by atoms with E-state index in [-0.39, 0.29) is 0 Å². The number of nitrogens with one attached hydrogen (secondary N) is 2. The molecule has 1 atom stereocenters. The fraction of sp³-hybridized carbons (Fsp3) is 0.833. The third-order valence-electron chi connectivity index (χ3n) is 3.40. The van der Waals surface area contributed by atoms with Gasteiger partial charge in [-0.25, -0.2) is 4.98 Å². The van der Waals surface area contributed by atoms with Gasteiger partial charge in [-0.2, -0.15) is 5.10 Å². The number of H-pyrrole nitrogens is 1. The number of aryl methyl sites for hydroxylation is 1. The number of aromatic amines is 1. The van der Waals surface area contributed by atoms with Crippen molar-refractivity contribution < 1.29 is 0 Å². The topological polar surface area (TPSA) is 53.6 Å². The second-order valence-electron chi connectivity index (χ2n) is 4.97. The molecule has 4 nitrogen and oxygen atoms in total. The van der Waals surface area contributed by atoms with E-state index < -0.39 is 0 Å². The average molecular weight is 222 g/mol. The van der Waals surface area contributed by atoms with Crippen LogP contribution in [0.3, 0.4) is 0 Å². The highest BCUT2D eigenvalue weighted by Gasteiger charge is 2.19. The summed E-state index contributed by atoms with van der Waals surface area (Å²) in [6.07, 6.45) is 6.55. The molecule has 2 rings (SSSR count). The molecule has 1 heterocycles. The van der Waals surface area contributed by atoms with E-state index >= 15 is 0 Å². The second-order valence-corrected chi connectivity index (χ2v) is 4.97. The molecule has 4 heteroatoms. The molecule has 0 saturated heterocycles. The smallest absolute Gasteiger partial charge is 0.151 e. The molecule has 90 valence electrons. The first-order chi connectivity index (χ1) is 7.74. The molecular weight excluding hydrogens is 200 g/mol. The second kappa shape index (κ2) is 5.43. The molecule has 1 aromatic rings. The third kappa shape index (κ3) is 3.30. The third-order valence-corrected chi connectivity index (χ3v) is 3.40. The maximum absolute atomic E-state index is 4.29. The van der Waals surface area contributed by atoms with Crippen LogP contribution in [0.25, 0.3) is 0 Å². The van der Waals surface area contributed by atoms with Gasteiger partial charge in [-0.3, -0.25) is 5.10 Å². The van der Waals surface area contributed by atoms with Gasteiger partial charge in [0.25, 0.3) is 0 Å². The van der Waals surface area contributed by atoms with Crippen LogP contribution in [-0.4, -0.2) is 27.8 Å². The summed E-state index contributed by atoms with van der Waals surface area (Å²) < 4.78 is 0. The Hall–Kier alpha value is -0.900. The number of hydrogen-bond donors (Lipinski definition) is 2. The summed E-state index contributed by atoms with van der Waals surface area (Å²) in [5, 5.41) is 10.5. The van der Waals surface area contributed by atoms with Gasteiger partial charge in [0, 0.05) is 19.0 Å². The molecule has 0 amide bonds. The van der Waals surface area contributed by atoms with E-state index in [2.05, 4.69) is 27.4 Å². The summed E-state index contributed by atoms with van der Waals surface area (Å²) in [6, 6.07) is 0.630. The van der Waals surface area contributed by atoms with Crippen LogP contribution in [0.15, 0.2) is 0 Å². The predicted octanol–water partition coefficient (Wildman–Crippen LogP) is 1.82. The van der Waals surface area contributed by atoms with Crippen molar-refractivity contribution in [1.29, 1.82) is 0 Å². The van der Waals surface area contributed by atoms with Crippen molar-refractivity contribution in [2.45, 2.75) is 52.0 Å². The van der Waals surface area contributed by atoms with Crippen LogP contribution in [0.4, 0.5) is 0 Å². The molecule has 0 aliphatic heterocycles. The minimum absolute atomic E-state index is 0.630. The van der Waals surface area contributed by atoms with E-state index in [4.69, 9.17) is 0 Å². The van der Waals surface area contributed by atoms with Crippen LogP contribution in [0.1, 0.15) is 44.3 Å². The van der Waals surface area contributed by atoms with Crippen LogP contribution in [0.2, 0.25) is 0 Å². The Morgan fingerprint density at radius 2 is 2.31 bits per heavy atom. The van der Waals surface area contributed by atoms with E-state index in [0.29, 0.717) is 6.04 Å². The highest BCUT2D eigenvalue weighted by molar-refractivity contribution is 4.88. The van der Waals surface area contributed by atoms with Crippen LogP contribution in [0.5, 0.6) is 0 Å². The zero-order chi connectivity index (χ0) is 11.4. The maximum atomic E-state index is 4.29. The Morgan fingerprint density at radius 3 is 2.88 bits per heavy atom. The molecule has 16 heavy (non-hydrogen) atoms. The van der Waals surface area contributed by atoms with Gasteiger partial charge in [-0.05, 0) is 26.2 Å². The standard InChI is InChI=1S/C12H22N4/c1-9(8-11-4-3-5-11)13-7-6-12-14-10(2)15-16-12/h9,11,13H,3-8H2,1-2H3,(H,14,15,16). The Morgan fingerprint density at radius 1 is 1.50 bits per heavy atom. The van der Waals surface area contributed by atoms with Crippen molar-refractivity contribution in [3.63, 3.8) is 0 Å². The monoisotopic (exact) mass is 222 g/mol. The number of aromatic nitrogens is 3. The first kappa shape index (κ1) is 11.6. The van der Waals surface area contributed by atoms with Crippen molar-refractivity contribution in [3.8, 4) is 0 Å². The van der Waals surface area contributed by atoms with E-state index in [1.54, 1.807) is 0 Å². The van der Waals surface area contributed by atoms with E-state index in [9.17, 15) is 0 Å². The summed E-state index contributed by atoms with van der Waals surface area (Å²) in [5.74, 6) is 2.80. The molecule has 1 fully saturated rings. The van der Waals surface area contributed by atoms with Gasteiger partial charge in [-0.15, -0.1) is 0 Å². The average Bonchev–Trinajstić information content (AvgIpc) is 2.58. The molecule has 1 aliphatic rings. The molecular formula is C12H22N4. The van der Waals surface area contributed by atoms with Crippen molar-refractivity contribution >= 4 is 0 Å². The lowest BCUT2D eigenvalue weighted by Crippen LogP contribution is -2.31. The molecule has 1 aromatic heterocycles. The molecule has 0 bridgehead atoms. The Balaban J connectivity index is 1.59. The van der Waals surface area contributed by atoms with Crippen LogP contribution < -0.4 is 5.32 Å². The Labute approximate surface area is 97.2 Å². The zero-order valence-electron chi connectivity index (χ0n) is 10.3. The van der Waals surface area contributed by atoms with Crippen molar-refractivity contribution in [2.75, 3.05) is 6.54 Å². The molecule has 1 saturated carbocycles. The molecule has 2 N–H and O–H groups in total. The first-order valence-electron chi connectivity index (χ1n) is 6.35. The number of hydrogen-bond acceptors (Lipinski definition) is 3. The van der Waals surface area contributed by atoms with E-state index in [1.165, 1.54) is 25.7 Å². The zero-order valence-corrected chi connectivity index (χ0v) is 10.3. The molecule has 0 radical (unpaired) electrons. The summed E-state index contributed by atoms with van der Waals surface area (Å²) in [6.45, 7) is 5.19. The molecule has 1 aliphatic carbocycles. The summed E-state index contributed by atoms with van der Waals surface area (Å²) in [7, 11) is 0. The normalized spacial score (nSPS) is 18.4. The predicted molar refractivity (Wildman–Crippen MR) is 64.2 cm³/mol. The van der Waals surface area contributed by atoms with E-state index in [1.807, 2.05) is 6.92 Å². The molecule has 0 aromatic carbocycles. The quantitative estimate of drug-likeness (QED) is 0.772. The van der Waals surface area contributed by atoms with Gasteiger partial charge in [0.05, 0.1) is 0 Å².